The summed E-state index contributed by atoms with van der Waals surface area (Å²) in [5.74, 6) is 2.11. The number of hydrogen-bond acceptors (Lipinski definition) is 5. The van der Waals surface area contributed by atoms with E-state index in [4.69, 9.17) is 19.4 Å². The summed E-state index contributed by atoms with van der Waals surface area (Å²) in [6.45, 7) is 0. The van der Waals surface area contributed by atoms with E-state index in [-0.39, 0.29) is 11.2 Å². The third kappa shape index (κ3) is 5.59. The molecular weight excluding hydrogens is 703 g/mol. The number of para-hydroxylation sites is 1. The van der Waals surface area contributed by atoms with E-state index in [1.807, 2.05) is 54.2 Å². The van der Waals surface area contributed by atoms with Crippen molar-refractivity contribution < 1.29 is 4.42 Å². The molecule has 264 valence electrons. The van der Waals surface area contributed by atoms with E-state index >= 15 is 0 Å². The van der Waals surface area contributed by atoms with Crippen LogP contribution >= 0.6 is 11.8 Å². The summed E-state index contributed by atoms with van der Waals surface area (Å²) >= 11 is 1.92. The molecule has 3 heterocycles. The summed E-state index contributed by atoms with van der Waals surface area (Å²) < 4.78 is 6.72. The molecule has 2 aromatic heterocycles. The zero-order valence-electron chi connectivity index (χ0n) is 30.2. The molecule has 5 heteroatoms. The van der Waals surface area contributed by atoms with Crippen LogP contribution in [0.3, 0.4) is 0 Å². The maximum absolute atomic E-state index is 6.72. The third-order valence-electron chi connectivity index (χ3n) is 10.9. The molecular formula is C51H33N3OS. The highest BCUT2D eigenvalue weighted by Crippen LogP contribution is 2.56. The molecule has 1 aliphatic carbocycles. The van der Waals surface area contributed by atoms with E-state index in [9.17, 15) is 0 Å². The van der Waals surface area contributed by atoms with Gasteiger partial charge >= 0.3 is 0 Å². The van der Waals surface area contributed by atoms with E-state index < -0.39 is 0 Å². The minimum Gasteiger partial charge on any atom is -0.455 e. The Hall–Kier alpha value is -6.82. The van der Waals surface area contributed by atoms with Gasteiger partial charge in [0.2, 0.25) is 0 Å². The average molecular weight is 736 g/mol. The van der Waals surface area contributed by atoms with Crippen molar-refractivity contribution in [1.82, 2.24) is 15.0 Å². The first-order chi connectivity index (χ1) is 27.7. The summed E-state index contributed by atoms with van der Waals surface area (Å²) in [5.41, 5.74) is 13.1. The van der Waals surface area contributed by atoms with Gasteiger partial charge in [-0.2, -0.15) is 0 Å². The average Bonchev–Trinajstić information content (AvgIpc) is 3.86. The molecule has 2 unspecified atom stereocenters. The topological polar surface area (TPSA) is 51.8 Å². The molecule has 9 aromatic rings. The van der Waals surface area contributed by atoms with Crippen LogP contribution in [0.25, 0.3) is 83.7 Å². The van der Waals surface area contributed by atoms with E-state index in [1.54, 1.807) is 0 Å². The van der Waals surface area contributed by atoms with Crippen molar-refractivity contribution in [3.63, 3.8) is 0 Å². The van der Waals surface area contributed by atoms with Crippen LogP contribution in [0, 0.1) is 0 Å². The first kappa shape index (κ1) is 32.6. The van der Waals surface area contributed by atoms with Crippen molar-refractivity contribution in [3.05, 3.63) is 199 Å². The van der Waals surface area contributed by atoms with E-state index in [0.717, 1.165) is 49.8 Å². The number of hydrogen-bond donors (Lipinski definition) is 0. The molecule has 0 saturated heterocycles. The molecule has 2 aliphatic rings. The first-order valence-electron chi connectivity index (χ1n) is 18.9. The number of aromatic nitrogens is 3. The fraction of sp³-hybridized carbons (Fsp3) is 0.0392. The monoisotopic (exact) mass is 735 g/mol. The van der Waals surface area contributed by atoms with Crippen LogP contribution < -0.4 is 0 Å². The zero-order chi connectivity index (χ0) is 37.0. The van der Waals surface area contributed by atoms with E-state index in [0.29, 0.717) is 17.5 Å². The maximum Gasteiger partial charge on any atom is 0.164 e. The lowest BCUT2D eigenvalue weighted by molar-refractivity contribution is 0.670. The van der Waals surface area contributed by atoms with Gasteiger partial charge in [0.05, 0.1) is 0 Å². The smallest absolute Gasteiger partial charge is 0.164 e. The molecule has 2 atom stereocenters. The number of rotatable bonds is 6. The Morgan fingerprint density at radius 2 is 1.05 bits per heavy atom. The number of nitrogens with zero attached hydrogens (tertiary/aromatic N) is 3. The van der Waals surface area contributed by atoms with Crippen molar-refractivity contribution in [1.29, 1.82) is 0 Å². The molecule has 0 spiro atoms. The highest BCUT2D eigenvalue weighted by molar-refractivity contribution is 8.00. The molecule has 0 N–H and O–H groups in total. The van der Waals surface area contributed by atoms with Crippen LogP contribution in [0.2, 0.25) is 0 Å². The Bertz CT molecular complexity index is 2930. The summed E-state index contributed by atoms with van der Waals surface area (Å²) in [6, 6.07) is 59.5. The van der Waals surface area contributed by atoms with Crippen molar-refractivity contribution in [2.45, 2.75) is 16.1 Å². The first-order valence-corrected chi connectivity index (χ1v) is 19.8. The lowest BCUT2D eigenvalue weighted by atomic mass is 9.83. The maximum atomic E-state index is 6.72. The fourth-order valence-electron chi connectivity index (χ4n) is 8.22. The standard InChI is InChI=1S/C51H33N3OS/c1-4-14-32(15-5-1)33-26-28-34(29-27-33)37-30-42-38-20-10-11-24-44(38)55-47(42)43(31-37)39-21-12-22-40-46-41(23-13-25-45(46)56-48(39)40)51-53-49(35-16-6-2-7-17-35)52-50(54-51)36-18-8-3-9-19-36/h1-31,45-46H. The van der Waals surface area contributed by atoms with E-state index in [2.05, 4.69) is 146 Å². The van der Waals surface area contributed by atoms with Gasteiger partial charge in [0.25, 0.3) is 0 Å². The molecule has 0 amide bonds. The predicted molar refractivity (Wildman–Crippen MR) is 230 cm³/mol. The quantitative estimate of drug-likeness (QED) is 0.170. The van der Waals surface area contributed by atoms with Crippen LogP contribution in [0.1, 0.15) is 17.3 Å². The fourth-order valence-corrected chi connectivity index (χ4v) is 9.73. The Kier molecular flexibility index (Phi) is 7.85. The van der Waals surface area contributed by atoms with Gasteiger partial charge in [-0.25, -0.2) is 15.0 Å². The summed E-state index contributed by atoms with van der Waals surface area (Å²) in [5, 5.41) is 2.42. The van der Waals surface area contributed by atoms with E-state index in [1.165, 1.54) is 32.7 Å². The molecule has 0 bridgehead atoms. The lowest BCUT2D eigenvalue weighted by Gasteiger charge is -2.23. The molecule has 11 rings (SSSR count). The Balaban J connectivity index is 1.05. The molecule has 0 fully saturated rings. The number of fused-ring (bicyclic) bond motifs is 6. The van der Waals surface area contributed by atoms with Gasteiger partial charge in [0.1, 0.15) is 11.2 Å². The molecule has 56 heavy (non-hydrogen) atoms. The van der Waals surface area contributed by atoms with Crippen LogP contribution in [-0.2, 0) is 0 Å². The zero-order valence-corrected chi connectivity index (χ0v) is 31.0. The van der Waals surface area contributed by atoms with Gasteiger partial charge < -0.3 is 4.42 Å². The van der Waals surface area contributed by atoms with Crippen molar-refractivity contribution in [2.24, 2.45) is 0 Å². The molecule has 0 radical (unpaired) electrons. The number of thioether (sulfide) groups is 1. The van der Waals surface area contributed by atoms with Gasteiger partial charge in [-0.15, -0.1) is 11.8 Å². The Morgan fingerprint density at radius 3 is 1.75 bits per heavy atom. The van der Waals surface area contributed by atoms with Crippen molar-refractivity contribution in [2.75, 3.05) is 0 Å². The number of allylic oxidation sites excluding steroid dienone is 3. The molecule has 0 saturated carbocycles. The SMILES string of the molecule is C1=CC2Sc3c(-c4cc(-c5ccc(-c6ccccc6)cc5)cc5c4oc4ccccc45)cccc3C2C(c2nc(-c3ccccc3)nc(-c3ccccc3)n2)=C1. The van der Waals surface area contributed by atoms with Crippen LogP contribution in [0.5, 0.6) is 0 Å². The van der Waals surface area contributed by atoms with Gasteiger partial charge in [-0.1, -0.05) is 170 Å². The predicted octanol–water partition coefficient (Wildman–Crippen LogP) is 13.3. The molecule has 1 aliphatic heterocycles. The Labute approximate surface area is 329 Å². The second-order valence-electron chi connectivity index (χ2n) is 14.3. The van der Waals surface area contributed by atoms with Crippen LogP contribution in [0.15, 0.2) is 197 Å². The minimum atomic E-state index is 0.0643. The molecule has 7 aromatic carbocycles. The van der Waals surface area contributed by atoms with Crippen LogP contribution in [0.4, 0.5) is 0 Å². The largest absolute Gasteiger partial charge is 0.455 e. The number of benzene rings is 7. The highest BCUT2D eigenvalue weighted by atomic mass is 32.2. The van der Waals surface area contributed by atoms with Gasteiger partial charge in [-0.3, -0.25) is 0 Å². The summed E-state index contributed by atoms with van der Waals surface area (Å²) in [7, 11) is 0. The number of furan rings is 1. The lowest BCUT2D eigenvalue weighted by Crippen LogP contribution is -2.15. The summed E-state index contributed by atoms with van der Waals surface area (Å²) in [6.07, 6.45) is 6.68. The minimum absolute atomic E-state index is 0.0643. The second kappa shape index (κ2) is 13.5. The van der Waals surface area contributed by atoms with Gasteiger partial charge in [0, 0.05) is 49.1 Å². The van der Waals surface area contributed by atoms with Crippen molar-refractivity contribution >= 4 is 39.3 Å². The van der Waals surface area contributed by atoms with Crippen LogP contribution in [-0.4, -0.2) is 20.2 Å². The normalized spacial score (nSPS) is 15.8. The highest BCUT2D eigenvalue weighted by Gasteiger charge is 2.39. The second-order valence-corrected chi connectivity index (χ2v) is 15.5. The summed E-state index contributed by atoms with van der Waals surface area (Å²) in [4.78, 5) is 16.5. The van der Waals surface area contributed by atoms with Crippen molar-refractivity contribution in [3.8, 4) is 56.2 Å². The Morgan fingerprint density at radius 1 is 0.464 bits per heavy atom. The third-order valence-corrected chi connectivity index (χ3v) is 12.3. The van der Waals surface area contributed by atoms with Gasteiger partial charge in [-0.05, 0) is 51.6 Å². The molecule has 4 nitrogen and oxygen atoms in total. The van der Waals surface area contributed by atoms with Gasteiger partial charge in [0.15, 0.2) is 17.5 Å².